The van der Waals surface area contributed by atoms with Gasteiger partial charge < -0.3 is 19.5 Å². The van der Waals surface area contributed by atoms with E-state index < -0.39 is 0 Å². The monoisotopic (exact) mass is 464 g/mol. The second-order valence-electron chi connectivity index (χ2n) is 8.24. The fourth-order valence-electron chi connectivity index (χ4n) is 4.18. The van der Waals surface area contributed by atoms with Gasteiger partial charge in [-0.05, 0) is 36.8 Å². The molecule has 1 aliphatic heterocycles. The minimum atomic E-state index is -0.260. The number of nitrogens with zero attached hydrogens (tertiary/aromatic N) is 7. The van der Waals surface area contributed by atoms with Crippen LogP contribution in [-0.4, -0.2) is 73.8 Å². The van der Waals surface area contributed by atoms with E-state index in [0.29, 0.717) is 49.7 Å². The number of carbonyl (C=O) groups excluding carboxylic acids is 1. The average molecular weight is 465 g/mol. The van der Waals surface area contributed by atoms with Crippen LogP contribution in [0.5, 0.6) is 0 Å². The Kier molecular flexibility index (Phi) is 5.93. The Bertz CT molecular complexity index is 1330. The molecule has 1 amide bonds. The van der Waals surface area contributed by atoms with E-state index in [2.05, 4.69) is 29.9 Å². The number of anilines is 1. The first kappa shape index (κ1) is 22.0. The lowest BCUT2D eigenvalue weighted by Crippen LogP contribution is -2.50. The maximum atomic E-state index is 13.7. The number of aryl methyl sites for hydroxylation is 1. The molecule has 3 aromatic heterocycles. The van der Waals surface area contributed by atoms with Gasteiger partial charge >= 0.3 is 0 Å². The summed E-state index contributed by atoms with van der Waals surface area (Å²) in [5.74, 6) is 0.492. The molecule has 0 atom stereocenters. The molecule has 1 fully saturated rings. The van der Waals surface area contributed by atoms with E-state index in [1.54, 1.807) is 37.2 Å². The third-order valence-corrected chi connectivity index (χ3v) is 6.02. The maximum Gasteiger partial charge on any atom is 0.244 e. The molecule has 4 aromatic rings. The Hall–Kier alpha value is -3.86. The molecule has 0 saturated carbocycles. The van der Waals surface area contributed by atoms with Crippen molar-refractivity contribution in [3.8, 4) is 11.3 Å². The van der Waals surface area contributed by atoms with Crippen molar-refractivity contribution in [2.45, 2.75) is 20.1 Å². The van der Waals surface area contributed by atoms with Gasteiger partial charge in [0.1, 0.15) is 24.2 Å². The van der Waals surface area contributed by atoms with E-state index in [1.165, 1.54) is 12.4 Å². The van der Waals surface area contributed by atoms with Crippen molar-refractivity contribution in [1.82, 2.24) is 34.6 Å². The number of hydrogen-bond acceptors (Lipinski definition) is 7. The van der Waals surface area contributed by atoms with Crippen LogP contribution in [0.1, 0.15) is 11.3 Å². The standard InChI is InChI=1S/C23H25FN8O2/c1-15-9-16(3-4-18(15)24)19-10-17(12-34-2)32(29-19)11-20(33)30-5-7-31(8-6-30)23-21-22(26-13-25-21)27-14-28-23/h3-4,9-10,13-14H,5-8,11-12H2,1-2H3,(H,25,26,27,28). The SMILES string of the molecule is COCc1cc(-c2ccc(F)c(C)c2)nn1CC(=O)N1CCN(c2ncnc3[nH]cnc23)CC1. The Balaban J connectivity index is 1.28. The highest BCUT2D eigenvalue weighted by atomic mass is 19.1. The van der Waals surface area contributed by atoms with Crippen LogP contribution in [0.25, 0.3) is 22.4 Å². The number of nitrogens with one attached hydrogen (secondary N) is 1. The summed E-state index contributed by atoms with van der Waals surface area (Å²) in [6, 6.07) is 6.75. The van der Waals surface area contributed by atoms with Crippen LogP contribution in [0, 0.1) is 12.7 Å². The predicted octanol–water partition coefficient (Wildman–Crippen LogP) is 2.16. The van der Waals surface area contributed by atoms with Crippen LogP contribution in [0.2, 0.25) is 0 Å². The molecule has 0 unspecified atom stereocenters. The molecule has 4 heterocycles. The summed E-state index contributed by atoms with van der Waals surface area (Å²) in [5.41, 5.74) is 4.23. The third kappa shape index (κ3) is 4.21. The topological polar surface area (TPSA) is 105 Å². The number of aromatic amines is 1. The number of aromatic nitrogens is 6. The summed E-state index contributed by atoms with van der Waals surface area (Å²) in [6.45, 7) is 4.58. The average Bonchev–Trinajstić information content (AvgIpc) is 3.48. The Morgan fingerprint density at radius 1 is 1.15 bits per heavy atom. The number of amides is 1. The molecular weight excluding hydrogens is 439 g/mol. The van der Waals surface area contributed by atoms with Crippen LogP contribution in [0.15, 0.2) is 36.9 Å². The first-order chi connectivity index (χ1) is 16.5. The zero-order valence-corrected chi connectivity index (χ0v) is 19.0. The van der Waals surface area contributed by atoms with Crippen LogP contribution in [0.4, 0.5) is 10.2 Å². The predicted molar refractivity (Wildman–Crippen MR) is 124 cm³/mol. The number of imidazole rings is 1. The number of H-pyrrole nitrogens is 1. The molecule has 1 saturated heterocycles. The van der Waals surface area contributed by atoms with Crippen molar-refractivity contribution >= 4 is 22.9 Å². The summed E-state index contributed by atoms with van der Waals surface area (Å²) < 4.78 is 20.7. The minimum Gasteiger partial charge on any atom is -0.378 e. The van der Waals surface area contributed by atoms with Crippen molar-refractivity contribution in [2.24, 2.45) is 0 Å². The van der Waals surface area contributed by atoms with Gasteiger partial charge in [0, 0.05) is 38.9 Å². The largest absolute Gasteiger partial charge is 0.378 e. The summed E-state index contributed by atoms with van der Waals surface area (Å²) in [5, 5.41) is 4.62. The smallest absolute Gasteiger partial charge is 0.244 e. The molecule has 1 N–H and O–H groups in total. The van der Waals surface area contributed by atoms with Gasteiger partial charge in [0.05, 0.1) is 24.3 Å². The van der Waals surface area contributed by atoms with E-state index in [4.69, 9.17) is 4.74 Å². The Labute approximate surface area is 195 Å². The van der Waals surface area contributed by atoms with E-state index in [1.807, 2.05) is 11.0 Å². The summed E-state index contributed by atoms with van der Waals surface area (Å²) in [6.07, 6.45) is 3.12. The number of fused-ring (bicyclic) bond motifs is 1. The van der Waals surface area contributed by atoms with Crippen molar-refractivity contribution in [1.29, 1.82) is 0 Å². The van der Waals surface area contributed by atoms with Crippen LogP contribution >= 0.6 is 0 Å². The van der Waals surface area contributed by atoms with Crippen molar-refractivity contribution in [3.63, 3.8) is 0 Å². The first-order valence-electron chi connectivity index (χ1n) is 11.0. The van der Waals surface area contributed by atoms with Crippen LogP contribution in [-0.2, 0) is 22.7 Å². The number of ether oxygens (including phenoxy) is 1. The molecule has 34 heavy (non-hydrogen) atoms. The lowest BCUT2D eigenvalue weighted by molar-refractivity contribution is -0.132. The fraction of sp³-hybridized carbons (Fsp3) is 0.348. The number of methoxy groups -OCH3 is 1. The fourth-order valence-corrected chi connectivity index (χ4v) is 4.18. The second kappa shape index (κ2) is 9.18. The molecule has 11 heteroatoms. The molecule has 0 bridgehead atoms. The van der Waals surface area contributed by atoms with Crippen molar-refractivity contribution in [2.75, 3.05) is 38.2 Å². The van der Waals surface area contributed by atoms with Gasteiger partial charge in [0.15, 0.2) is 11.5 Å². The van der Waals surface area contributed by atoms with Gasteiger partial charge in [-0.1, -0.05) is 0 Å². The zero-order valence-electron chi connectivity index (χ0n) is 19.0. The van der Waals surface area contributed by atoms with E-state index in [0.717, 1.165) is 22.6 Å². The van der Waals surface area contributed by atoms with E-state index in [9.17, 15) is 9.18 Å². The molecule has 176 valence electrons. The molecule has 0 radical (unpaired) electrons. The van der Waals surface area contributed by atoms with Crippen molar-refractivity contribution < 1.29 is 13.9 Å². The number of rotatable bonds is 6. The van der Waals surface area contributed by atoms with Crippen molar-refractivity contribution in [3.05, 3.63) is 54.0 Å². The number of hydrogen-bond donors (Lipinski definition) is 1. The second-order valence-corrected chi connectivity index (χ2v) is 8.24. The normalized spacial score (nSPS) is 14.2. The van der Waals surface area contributed by atoms with Crippen LogP contribution in [0.3, 0.4) is 0 Å². The highest BCUT2D eigenvalue weighted by Gasteiger charge is 2.25. The lowest BCUT2D eigenvalue weighted by Gasteiger charge is -2.35. The molecule has 10 nitrogen and oxygen atoms in total. The highest BCUT2D eigenvalue weighted by molar-refractivity contribution is 5.83. The van der Waals surface area contributed by atoms with Gasteiger partial charge in [-0.3, -0.25) is 9.48 Å². The highest BCUT2D eigenvalue weighted by Crippen LogP contribution is 2.23. The Morgan fingerprint density at radius 2 is 1.97 bits per heavy atom. The van der Waals surface area contributed by atoms with Gasteiger partial charge in [0.2, 0.25) is 5.91 Å². The summed E-state index contributed by atoms with van der Waals surface area (Å²) in [7, 11) is 1.60. The molecule has 0 aliphatic carbocycles. The number of piperazine rings is 1. The lowest BCUT2D eigenvalue weighted by atomic mass is 10.1. The quantitative estimate of drug-likeness (QED) is 0.466. The van der Waals surface area contributed by atoms with Crippen LogP contribution < -0.4 is 4.90 Å². The van der Waals surface area contributed by atoms with Gasteiger partial charge in [0.25, 0.3) is 0 Å². The molecule has 1 aromatic carbocycles. The molecule has 0 spiro atoms. The zero-order chi connectivity index (χ0) is 23.7. The number of halogens is 1. The van der Waals surface area contributed by atoms with Gasteiger partial charge in [-0.2, -0.15) is 5.10 Å². The number of carbonyl (C=O) groups is 1. The third-order valence-electron chi connectivity index (χ3n) is 6.02. The summed E-state index contributed by atoms with van der Waals surface area (Å²) in [4.78, 5) is 32.9. The van der Waals surface area contributed by atoms with E-state index >= 15 is 0 Å². The van der Waals surface area contributed by atoms with Gasteiger partial charge in [-0.15, -0.1) is 0 Å². The maximum absolute atomic E-state index is 13.7. The Morgan fingerprint density at radius 3 is 2.74 bits per heavy atom. The molecular formula is C23H25FN8O2. The minimum absolute atomic E-state index is 0.0189. The summed E-state index contributed by atoms with van der Waals surface area (Å²) >= 11 is 0. The first-order valence-corrected chi connectivity index (χ1v) is 11.0. The van der Waals surface area contributed by atoms with E-state index in [-0.39, 0.29) is 18.3 Å². The number of benzene rings is 1. The van der Waals surface area contributed by atoms with Gasteiger partial charge in [-0.25, -0.2) is 19.3 Å². The molecule has 5 rings (SSSR count). The molecule has 1 aliphatic rings.